The highest BCUT2D eigenvalue weighted by Gasteiger charge is 2.04. The fourth-order valence-corrected chi connectivity index (χ4v) is 1.66. The Morgan fingerprint density at radius 1 is 1.20 bits per heavy atom. The van der Waals surface area contributed by atoms with E-state index in [1.807, 2.05) is 18.2 Å². The Hall–Kier alpha value is -1.67. The summed E-state index contributed by atoms with van der Waals surface area (Å²) in [4.78, 5) is 4.38. The van der Waals surface area contributed by atoms with Crippen LogP contribution in [0.25, 0.3) is 11.3 Å². The molecule has 76 valence electrons. The Balaban J connectivity index is 2.53. The summed E-state index contributed by atoms with van der Waals surface area (Å²) in [7, 11) is 0. The Morgan fingerprint density at radius 2 is 2.07 bits per heavy atom. The topological polar surface area (TPSA) is 38.9 Å². The van der Waals surface area contributed by atoms with E-state index < -0.39 is 0 Å². The average molecular weight is 198 g/mol. The third-order valence-electron chi connectivity index (χ3n) is 2.40. The van der Waals surface area contributed by atoms with Crippen LogP contribution in [0, 0.1) is 6.92 Å². The van der Waals surface area contributed by atoms with Gasteiger partial charge in [-0.15, -0.1) is 0 Å². The van der Waals surface area contributed by atoms with E-state index in [4.69, 9.17) is 5.73 Å². The molecule has 2 rings (SSSR count). The van der Waals surface area contributed by atoms with Gasteiger partial charge in [0.1, 0.15) is 0 Å². The van der Waals surface area contributed by atoms with Gasteiger partial charge in [0, 0.05) is 18.3 Å². The number of aromatic nitrogens is 1. The largest absolute Gasteiger partial charge is 0.326 e. The van der Waals surface area contributed by atoms with Crippen LogP contribution in [0.3, 0.4) is 0 Å². The highest BCUT2D eigenvalue weighted by atomic mass is 14.7. The van der Waals surface area contributed by atoms with E-state index in [0.717, 1.165) is 16.8 Å². The zero-order chi connectivity index (χ0) is 10.7. The Bertz CT molecular complexity index is 464. The lowest BCUT2D eigenvalue weighted by atomic mass is 10.0. The summed E-state index contributed by atoms with van der Waals surface area (Å²) >= 11 is 0. The van der Waals surface area contributed by atoms with Crippen LogP contribution in [0.2, 0.25) is 0 Å². The summed E-state index contributed by atoms with van der Waals surface area (Å²) in [5.41, 5.74) is 10.1. The van der Waals surface area contributed by atoms with Crippen molar-refractivity contribution in [2.45, 2.75) is 13.5 Å². The van der Waals surface area contributed by atoms with Gasteiger partial charge in [-0.1, -0.05) is 29.8 Å². The first-order valence-electron chi connectivity index (χ1n) is 5.02. The van der Waals surface area contributed by atoms with Crippen molar-refractivity contribution < 1.29 is 0 Å². The van der Waals surface area contributed by atoms with Crippen molar-refractivity contribution in [3.05, 3.63) is 53.7 Å². The predicted octanol–water partition coefficient (Wildman–Crippen LogP) is 2.52. The fraction of sp³-hybridized carbons (Fsp3) is 0.154. The zero-order valence-corrected chi connectivity index (χ0v) is 8.77. The molecule has 1 aromatic heterocycles. The molecule has 0 radical (unpaired) electrons. The van der Waals surface area contributed by atoms with Crippen molar-refractivity contribution in [2.75, 3.05) is 0 Å². The molecule has 2 N–H and O–H groups in total. The number of hydrogen-bond donors (Lipinski definition) is 1. The summed E-state index contributed by atoms with van der Waals surface area (Å²) in [5, 5.41) is 0. The van der Waals surface area contributed by atoms with Crippen LogP contribution in [0.1, 0.15) is 11.1 Å². The van der Waals surface area contributed by atoms with Crippen LogP contribution in [0.5, 0.6) is 0 Å². The van der Waals surface area contributed by atoms with E-state index in [2.05, 4.69) is 30.1 Å². The Kier molecular flexibility index (Phi) is 2.79. The minimum absolute atomic E-state index is 0.525. The van der Waals surface area contributed by atoms with Crippen molar-refractivity contribution in [3.63, 3.8) is 0 Å². The molecule has 0 spiro atoms. The molecule has 15 heavy (non-hydrogen) atoms. The molecule has 0 aliphatic carbocycles. The van der Waals surface area contributed by atoms with E-state index in [-0.39, 0.29) is 0 Å². The monoisotopic (exact) mass is 198 g/mol. The highest BCUT2D eigenvalue weighted by Crippen LogP contribution is 2.21. The molecule has 0 bridgehead atoms. The number of hydrogen-bond acceptors (Lipinski definition) is 2. The predicted molar refractivity (Wildman–Crippen MR) is 62.3 cm³/mol. The lowest BCUT2D eigenvalue weighted by Gasteiger charge is -2.06. The Morgan fingerprint density at radius 3 is 2.80 bits per heavy atom. The molecule has 2 nitrogen and oxygen atoms in total. The van der Waals surface area contributed by atoms with Gasteiger partial charge in [-0.25, -0.2) is 0 Å². The molecule has 0 saturated heterocycles. The summed E-state index contributed by atoms with van der Waals surface area (Å²) in [6, 6.07) is 12.2. The van der Waals surface area contributed by atoms with Crippen molar-refractivity contribution in [2.24, 2.45) is 5.73 Å². The first-order valence-corrected chi connectivity index (χ1v) is 5.02. The summed E-state index contributed by atoms with van der Waals surface area (Å²) in [5.74, 6) is 0. The van der Waals surface area contributed by atoms with E-state index >= 15 is 0 Å². The molecule has 0 fully saturated rings. The quantitative estimate of drug-likeness (QED) is 0.805. The molecular weight excluding hydrogens is 184 g/mol. The third kappa shape index (κ3) is 2.05. The van der Waals surface area contributed by atoms with Gasteiger partial charge < -0.3 is 5.73 Å². The molecular formula is C13H14N2. The number of aryl methyl sites for hydroxylation is 1. The lowest BCUT2D eigenvalue weighted by molar-refractivity contribution is 1.05. The van der Waals surface area contributed by atoms with Crippen molar-refractivity contribution in [1.29, 1.82) is 0 Å². The SMILES string of the molecule is Cc1cccc(-c2ncccc2CN)c1. The molecule has 2 heteroatoms. The van der Waals surface area contributed by atoms with E-state index in [1.165, 1.54) is 5.56 Å². The Labute approximate surface area is 89.8 Å². The molecule has 0 amide bonds. The van der Waals surface area contributed by atoms with Crippen molar-refractivity contribution in [3.8, 4) is 11.3 Å². The van der Waals surface area contributed by atoms with Crippen LogP contribution in [0.4, 0.5) is 0 Å². The maximum atomic E-state index is 5.69. The van der Waals surface area contributed by atoms with E-state index in [9.17, 15) is 0 Å². The molecule has 1 aromatic carbocycles. The van der Waals surface area contributed by atoms with Gasteiger partial charge in [0.05, 0.1) is 5.69 Å². The van der Waals surface area contributed by atoms with Crippen molar-refractivity contribution >= 4 is 0 Å². The minimum atomic E-state index is 0.525. The number of pyridine rings is 1. The number of nitrogens with zero attached hydrogens (tertiary/aromatic N) is 1. The zero-order valence-electron chi connectivity index (χ0n) is 8.77. The molecule has 0 unspecified atom stereocenters. The second-order valence-corrected chi connectivity index (χ2v) is 3.58. The molecule has 2 aromatic rings. The maximum absolute atomic E-state index is 5.69. The van der Waals surface area contributed by atoms with Gasteiger partial charge in [-0.2, -0.15) is 0 Å². The van der Waals surface area contributed by atoms with Gasteiger partial charge in [0.15, 0.2) is 0 Å². The van der Waals surface area contributed by atoms with Crippen LogP contribution in [0.15, 0.2) is 42.6 Å². The van der Waals surface area contributed by atoms with Crippen molar-refractivity contribution in [1.82, 2.24) is 4.98 Å². The number of nitrogens with two attached hydrogens (primary N) is 1. The third-order valence-corrected chi connectivity index (χ3v) is 2.40. The second kappa shape index (κ2) is 4.24. The van der Waals surface area contributed by atoms with Crippen LogP contribution >= 0.6 is 0 Å². The average Bonchev–Trinajstić information content (AvgIpc) is 2.29. The fourth-order valence-electron chi connectivity index (χ4n) is 1.66. The summed E-state index contributed by atoms with van der Waals surface area (Å²) in [6.45, 7) is 2.60. The molecule has 0 saturated carbocycles. The summed E-state index contributed by atoms with van der Waals surface area (Å²) in [6.07, 6.45) is 1.80. The molecule has 1 heterocycles. The molecule has 0 aliphatic rings. The molecule has 0 atom stereocenters. The molecule has 0 aliphatic heterocycles. The van der Waals surface area contributed by atoms with E-state index in [0.29, 0.717) is 6.54 Å². The van der Waals surface area contributed by atoms with Gasteiger partial charge >= 0.3 is 0 Å². The second-order valence-electron chi connectivity index (χ2n) is 3.58. The van der Waals surface area contributed by atoms with Crippen LogP contribution < -0.4 is 5.73 Å². The van der Waals surface area contributed by atoms with Gasteiger partial charge in [0.2, 0.25) is 0 Å². The first-order chi connectivity index (χ1) is 7.31. The van der Waals surface area contributed by atoms with E-state index in [1.54, 1.807) is 6.20 Å². The highest BCUT2D eigenvalue weighted by molar-refractivity contribution is 5.63. The van der Waals surface area contributed by atoms with Gasteiger partial charge in [-0.05, 0) is 24.6 Å². The van der Waals surface area contributed by atoms with Gasteiger partial charge in [-0.3, -0.25) is 4.98 Å². The smallest absolute Gasteiger partial charge is 0.0746 e. The lowest BCUT2D eigenvalue weighted by Crippen LogP contribution is -2.00. The van der Waals surface area contributed by atoms with Gasteiger partial charge in [0.25, 0.3) is 0 Å². The maximum Gasteiger partial charge on any atom is 0.0746 e. The number of rotatable bonds is 2. The van der Waals surface area contributed by atoms with Crippen LogP contribution in [-0.2, 0) is 6.54 Å². The number of benzene rings is 1. The minimum Gasteiger partial charge on any atom is -0.326 e. The standard InChI is InChI=1S/C13H14N2/c1-10-4-2-5-11(8-10)13-12(9-14)6-3-7-15-13/h2-8H,9,14H2,1H3. The van der Waals surface area contributed by atoms with Crippen LogP contribution in [-0.4, -0.2) is 4.98 Å². The summed E-state index contributed by atoms with van der Waals surface area (Å²) < 4.78 is 0. The normalized spacial score (nSPS) is 10.3. The first kappa shape index (κ1) is 9.87.